The molecule has 150 valence electrons. The summed E-state index contributed by atoms with van der Waals surface area (Å²) in [6.07, 6.45) is -0.0998. The van der Waals surface area contributed by atoms with Crippen LogP contribution in [0.4, 0.5) is 17.1 Å². The molecule has 0 aliphatic carbocycles. The number of ether oxygens (including phenoxy) is 1. The first-order chi connectivity index (χ1) is 13.8. The fourth-order valence-electron chi connectivity index (χ4n) is 2.91. The second kappa shape index (κ2) is 8.70. The molecular weight excluding hydrogens is 402 g/mol. The lowest BCUT2D eigenvalue weighted by Crippen LogP contribution is -2.28. The van der Waals surface area contributed by atoms with Crippen LogP contribution in [0.25, 0.3) is 0 Å². The highest BCUT2D eigenvalue weighted by molar-refractivity contribution is 6.30. The molecule has 10 heteroatoms. The van der Waals surface area contributed by atoms with Crippen molar-refractivity contribution in [2.24, 2.45) is 5.92 Å². The van der Waals surface area contributed by atoms with Crippen LogP contribution in [-0.4, -0.2) is 35.9 Å². The van der Waals surface area contributed by atoms with Crippen LogP contribution in [0.3, 0.4) is 0 Å². The maximum Gasteiger partial charge on any atom is 0.311 e. The van der Waals surface area contributed by atoms with Crippen LogP contribution in [0.1, 0.15) is 6.42 Å². The maximum absolute atomic E-state index is 12.2. The number of rotatable bonds is 6. The predicted octanol–water partition coefficient (Wildman–Crippen LogP) is 2.78. The molecule has 0 spiro atoms. The number of hydrogen-bond acceptors (Lipinski definition) is 6. The summed E-state index contributed by atoms with van der Waals surface area (Å²) in [4.78, 5) is 48.0. The summed E-state index contributed by atoms with van der Waals surface area (Å²) in [5.41, 5.74) is 0.642. The van der Waals surface area contributed by atoms with E-state index in [1.807, 2.05) is 0 Å². The van der Waals surface area contributed by atoms with Gasteiger partial charge in [-0.05, 0) is 24.3 Å². The van der Waals surface area contributed by atoms with E-state index in [2.05, 4.69) is 5.32 Å². The van der Waals surface area contributed by atoms with Crippen molar-refractivity contribution in [1.82, 2.24) is 0 Å². The Hall–Kier alpha value is -3.46. The number of carbonyl (C=O) groups is 3. The fraction of sp³-hybridized carbons (Fsp3) is 0.211. The highest BCUT2D eigenvalue weighted by Gasteiger charge is 2.36. The van der Waals surface area contributed by atoms with E-state index in [0.717, 1.165) is 0 Å². The van der Waals surface area contributed by atoms with Crippen LogP contribution in [0.5, 0.6) is 0 Å². The molecule has 0 radical (unpaired) electrons. The number of benzene rings is 2. The number of amides is 2. The number of nitrogens with one attached hydrogen (secondary N) is 1. The van der Waals surface area contributed by atoms with Gasteiger partial charge >= 0.3 is 5.97 Å². The Morgan fingerprint density at radius 2 is 2.00 bits per heavy atom. The van der Waals surface area contributed by atoms with Crippen molar-refractivity contribution in [3.63, 3.8) is 0 Å². The lowest BCUT2D eigenvalue weighted by Gasteiger charge is -2.16. The summed E-state index contributed by atoms with van der Waals surface area (Å²) in [6, 6.07) is 12.1. The van der Waals surface area contributed by atoms with E-state index in [4.69, 9.17) is 16.3 Å². The zero-order valence-electron chi connectivity index (χ0n) is 15.0. The highest BCUT2D eigenvalue weighted by atomic mass is 35.5. The molecule has 1 saturated heterocycles. The number of non-ortho nitro benzene ring substituents is 1. The normalized spacial score (nSPS) is 15.8. The second-order valence-corrected chi connectivity index (χ2v) is 6.79. The van der Waals surface area contributed by atoms with Gasteiger partial charge in [-0.15, -0.1) is 0 Å². The highest BCUT2D eigenvalue weighted by Crippen LogP contribution is 2.28. The first-order valence-corrected chi connectivity index (χ1v) is 8.98. The van der Waals surface area contributed by atoms with Crippen molar-refractivity contribution in [1.29, 1.82) is 0 Å². The van der Waals surface area contributed by atoms with Crippen LogP contribution in [0.15, 0.2) is 48.5 Å². The van der Waals surface area contributed by atoms with Gasteiger partial charge in [-0.2, -0.15) is 0 Å². The maximum atomic E-state index is 12.2. The van der Waals surface area contributed by atoms with E-state index in [-0.39, 0.29) is 24.6 Å². The lowest BCUT2D eigenvalue weighted by atomic mass is 10.1. The number of hydrogen-bond donors (Lipinski definition) is 1. The van der Waals surface area contributed by atoms with Gasteiger partial charge in [-0.25, -0.2) is 0 Å². The van der Waals surface area contributed by atoms with Crippen LogP contribution >= 0.6 is 11.6 Å². The van der Waals surface area contributed by atoms with Crippen LogP contribution in [-0.2, 0) is 19.1 Å². The summed E-state index contributed by atoms with van der Waals surface area (Å²) in [7, 11) is 0. The Morgan fingerprint density at radius 3 is 2.72 bits per heavy atom. The van der Waals surface area contributed by atoms with E-state index >= 15 is 0 Å². The summed E-state index contributed by atoms with van der Waals surface area (Å²) in [5.74, 6) is -2.34. The third-order valence-corrected chi connectivity index (χ3v) is 4.50. The molecule has 3 rings (SSSR count). The van der Waals surface area contributed by atoms with Crippen molar-refractivity contribution in [3.8, 4) is 0 Å². The van der Waals surface area contributed by atoms with E-state index in [1.165, 1.54) is 23.1 Å². The smallest absolute Gasteiger partial charge is 0.311 e. The molecule has 0 bridgehead atoms. The van der Waals surface area contributed by atoms with Crippen molar-refractivity contribution in [2.45, 2.75) is 6.42 Å². The molecule has 2 amide bonds. The van der Waals surface area contributed by atoms with Gasteiger partial charge < -0.3 is 15.0 Å². The molecule has 1 N–H and O–H groups in total. The number of anilines is 2. The Balaban J connectivity index is 1.55. The van der Waals surface area contributed by atoms with Gasteiger partial charge in [0.1, 0.15) is 0 Å². The molecule has 2 aromatic rings. The van der Waals surface area contributed by atoms with Gasteiger partial charge in [-0.1, -0.05) is 23.7 Å². The van der Waals surface area contributed by atoms with Crippen molar-refractivity contribution in [2.75, 3.05) is 23.4 Å². The van der Waals surface area contributed by atoms with Gasteiger partial charge in [0.2, 0.25) is 5.91 Å². The molecular formula is C19H16ClN3O6. The Kier molecular flexibility index (Phi) is 6.08. The summed E-state index contributed by atoms with van der Waals surface area (Å²) < 4.78 is 5.01. The quantitative estimate of drug-likeness (QED) is 0.438. The van der Waals surface area contributed by atoms with E-state index in [1.54, 1.807) is 30.3 Å². The molecule has 9 nitrogen and oxygen atoms in total. The zero-order chi connectivity index (χ0) is 21.0. The molecule has 0 aromatic heterocycles. The van der Waals surface area contributed by atoms with Crippen molar-refractivity contribution < 1.29 is 24.0 Å². The van der Waals surface area contributed by atoms with E-state index in [0.29, 0.717) is 16.4 Å². The summed E-state index contributed by atoms with van der Waals surface area (Å²) in [5, 5.41) is 13.9. The fourth-order valence-corrected chi connectivity index (χ4v) is 3.10. The predicted molar refractivity (Wildman–Crippen MR) is 105 cm³/mol. The minimum Gasteiger partial charge on any atom is -0.455 e. The first-order valence-electron chi connectivity index (χ1n) is 8.60. The van der Waals surface area contributed by atoms with Crippen LogP contribution in [0, 0.1) is 16.0 Å². The van der Waals surface area contributed by atoms with Crippen LogP contribution in [0.2, 0.25) is 5.02 Å². The summed E-state index contributed by atoms with van der Waals surface area (Å²) >= 11 is 5.84. The number of nitro benzene ring substituents is 1. The standard InChI is InChI=1S/C19H16ClN3O6/c20-13-3-1-4-14(8-13)21-17(24)11-29-19(26)12-7-18(25)22(10-12)15-5-2-6-16(9-15)23(27)28/h1-6,8-9,12H,7,10-11H2,(H,21,24)/t12-/m1/s1. The SMILES string of the molecule is O=C(COC(=O)[C@@H]1CC(=O)N(c2cccc([N+](=O)[O-])c2)C1)Nc1cccc(Cl)c1. The average molecular weight is 418 g/mol. The molecule has 0 unspecified atom stereocenters. The Labute approximate surface area is 170 Å². The summed E-state index contributed by atoms with van der Waals surface area (Å²) in [6.45, 7) is -0.485. The third-order valence-electron chi connectivity index (χ3n) is 4.26. The number of nitrogens with zero attached hydrogens (tertiary/aromatic N) is 2. The largest absolute Gasteiger partial charge is 0.455 e. The number of carbonyl (C=O) groups excluding carboxylic acids is 3. The van der Waals surface area contributed by atoms with Gasteiger partial charge in [0, 0.05) is 35.8 Å². The topological polar surface area (TPSA) is 119 Å². The Bertz CT molecular complexity index is 980. The zero-order valence-corrected chi connectivity index (χ0v) is 15.8. The molecule has 1 heterocycles. The second-order valence-electron chi connectivity index (χ2n) is 6.35. The van der Waals surface area contributed by atoms with E-state index in [9.17, 15) is 24.5 Å². The molecule has 29 heavy (non-hydrogen) atoms. The monoisotopic (exact) mass is 417 g/mol. The average Bonchev–Trinajstić information content (AvgIpc) is 3.08. The number of esters is 1. The van der Waals surface area contributed by atoms with Crippen LogP contribution < -0.4 is 10.2 Å². The molecule has 1 aliphatic rings. The van der Waals surface area contributed by atoms with Crippen molar-refractivity contribution >= 4 is 46.4 Å². The molecule has 0 saturated carbocycles. The van der Waals surface area contributed by atoms with Gasteiger partial charge in [0.05, 0.1) is 16.5 Å². The minimum absolute atomic E-state index is 0.0226. The Morgan fingerprint density at radius 1 is 1.24 bits per heavy atom. The first kappa shape index (κ1) is 20.3. The minimum atomic E-state index is -0.763. The molecule has 2 aromatic carbocycles. The molecule has 1 atom stereocenters. The molecule has 1 aliphatic heterocycles. The van der Waals surface area contributed by atoms with Gasteiger partial charge in [0.15, 0.2) is 6.61 Å². The van der Waals surface area contributed by atoms with Gasteiger partial charge in [-0.3, -0.25) is 24.5 Å². The van der Waals surface area contributed by atoms with Gasteiger partial charge in [0.25, 0.3) is 11.6 Å². The molecule has 1 fully saturated rings. The van der Waals surface area contributed by atoms with Crippen molar-refractivity contribution in [3.05, 3.63) is 63.7 Å². The number of halogens is 1. The van der Waals surface area contributed by atoms with E-state index < -0.39 is 29.3 Å². The number of nitro groups is 1. The third kappa shape index (κ3) is 5.08. The lowest BCUT2D eigenvalue weighted by molar-refractivity contribution is -0.384.